The number of rotatable bonds is 2. The average Bonchev–Trinajstić information content (AvgIpc) is 1.30. The molecule has 0 aromatic rings. The normalized spacial score (nSPS) is 12.0. The summed E-state index contributed by atoms with van der Waals surface area (Å²) in [5.74, 6) is 2.39. The van der Waals surface area contributed by atoms with E-state index in [-0.39, 0.29) is 0 Å². The molecule has 0 fully saturated rings. The molecule has 0 bridgehead atoms. The Balaban J connectivity index is 3.15. The molecule has 0 atom stereocenters. The molecular formula is C5H14GeSi. The molecule has 2 radical (unpaired) electrons. The van der Waals surface area contributed by atoms with Gasteiger partial charge in [-0.25, -0.2) is 0 Å². The summed E-state index contributed by atoms with van der Waals surface area (Å²) in [5.41, 5.74) is 0. The molecule has 0 aromatic carbocycles. The first-order valence-electron chi connectivity index (χ1n) is 2.71. The van der Waals surface area contributed by atoms with Gasteiger partial charge in [-0.15, -0.1) is 0 Å². The maximum atomic E-state index is 2.44. The van der Waals surface area contributed by atoms with E-state index in [9.17, 15) is 0 Å². The van der Waals surface area contributed by atoms with Crippen molar-refractivity contribution >= 4 is 23.5 Å². The molecule has 0 aliphatic rings. The van der Waals surface area contributed by atoms with Crippen LogP contribution in [0.4, 0.5) is 0 Å². The van der Waals surface area contributed by atoms with Crippen molar-refractivity contribution in [1.82, 2.24) is 0 Å². The quantitative estimate of drug-likeness (QED) is 0.563. The Morgan fingerprint density at radius 3 is 1.71 bits per heavy atom. The van der Waals surface area contributed by atoms with Crippen LogP contribution in [0, 0.1) is 0 Å². The number of hydrogen-bond donors (Lipinski definition) is 0. The van der Waals surface area contributed by atoms with Crippen LogP contribution in [-0.4, -0.2) is 23.5 Å². The first-order chi connectivity index (χ1) is 3.06. The van der Waals surface area contributed by atoms with E-state index in [0.717, 1.165) is 0 Å². The van der Waals surface area contributed by atoms with E-state index in [0.29, 0.717) is 15.4 Å². The molecule has 2 heteroatoms. The minimum atomic E-state index is -0.602. The number of hydrogen-bond acceptors (Lipinski definition) is 0. The standard InChI is InChI=1S/C5H14GeSi/c1-6-5-7(2,3)4/h5H2,1-4H3. The van der Waals surface area contributed by atoms with Gasteiger partial charge in [0.25, 0.3) is 0 Å². The molecule has 0 aromatic heterocycles. The minimum absolute atomic E-state index is 0.471. The summed E-state index contributed by atoms with van der Waals surface area (Å²) in [7, 11) is -0.602. The van der Waals surface area contributed by atoms with Gasteiger partial charge in [0.2, 0.25) is 0 Å². The van der Waals surface area contributed by atoms with Crippen LogP contribution in [0.5, 0.6) is 0 Å². The van der Waals surface area contributed by atoms with Crippen LogP contribution in [0.1, 0.15) is 0 Å². The van der Waals surface area contributed by atoms with E-state index in [2.05, 4.69) is 25.4 Å². The Morgan fingerprint density at radius 2 is 1.71 bits per heavy atom. The molecular weight excluding hydrogens is 161 g/mol. The molecule has 0 N–H and O–H groups in total. The van der Waals surface area contributed by atoms with Gasteiger partial charge >= 0.3 is 53.8 Å². The predicted octanol–water partition coefficient (Wildman–Crippen LogP) is 2.03. The van der Waals surface area contributed by atoms with Crippen molar-refractivity contribution in [2.24, 2.45) is 0 Å². The first-order valence-corrected chi connectivity index (χ1v) is 10.00. The maximum absolute atomic E-state index is 2.44. The molecule has 0 heterocycles. The molecule has 42 valence electrons. The van der Waals surface area contributed by atoms with Crippen LogP contribution in [0.2, 0.25) is 30.3 Å². The van der Waals surface area contributed by atoms with Crippen molar-refractivity contribution in [3.8, 4) is 0 Å². The van der Waals surface area contributed by atoms with E-state index in [1.54, 1.807) is 4.88 Å². The molecule has 0 unspecified atom stereocenters. The molecule has 0 saturated carbocycles. The molecule has 0 rings (SSSR count). The fraction of sp³-hybridized carbons (Fsp3) is 1.00. The van der Waals surface area contributed by atoms with Gasteiger partial charge < -0.3 is 0 Å². The first kappa shape index (κ1) is 7.76. The van der Waals surface area contributed by atoms with Gasteiger partial charge in [0, 0.05) is 0 Å². The van der Waals surface area contributed by atoms with Gasteiger partial charge in [-0.3, -0.25) is 0 Å². The van der Waals surface area contributed by atoms with E-state index in [4.69, 9.17) is 0 Å². The third kappa shape index (κ3) is 6.76. The van der Waals surface area contributed by atoms with Crippen LogP contribution in [-0.2, 0) is 0 Å². The Kier molecular flexibility index (Phi) is 3.24. The third-order valence-electron chi connectivity index (χ3n) is 0.707. The average molecular weight is 175 g/mol. The second kappa shape index (κ2) is 2.92. The van der Waals surface area contributed by atoms with E-state index in [1.165, 1.54) is 0 Å². The van der Waals surface area contributed by atoms with Crippen LogP contribution in [0.25, 0.3) is 0 Å². The second-order valence-corrected chi connectivity index (χ2v) is 12.3. The summed E-state index contributed by atoms with van der Waals surface area (Å²) >= 11 is 0.471. The second-order valence-electron chi connectivity index (χ2n) is 3.09. The fourth-order valence-corrected chi connectivity index (χ4v) is 8.27. The van der Waals surface area contributed by atoms with E-state index >= 15 is 0 Å². The Hall–Kier alpha value is 0.760. The van der Waals surface area contributed by atoms with Crippen molar-refractivity contribution in [1.29, 1.82) is 0 Å². The molecule has 0 aliphatic heterocycles. The zero-order valence-electron chi connectivity index (χ0n) is 5.71. The summed E-state index contributed by atoms with van der Waals surface area (Å²) in [4.78, 5) is 1.60. The van der Waals surface area contributed by atoms with Crippen molar-refractivity contribution in [3.05, 3.63) is 0 Å². The Bertz CT molecular complexity index is 46.5. The Morgan fingerprint density at radius 1 is 1.29 bits per heavy atom. The zero-order chi connectivity index (χ0) is 5.91. The van der Waals surface area contributed by atoms with Gasteiger partial charge in [0.15, 0.2) is 0 Å². The van der Waals surface area contributed by atoms with Crippen molar-refractivity contribution < 1.29 is 0 Å². The third-order valence-corrected chi connectivity index (χ3v) is 11.0. The Labute approximate surface area is 54.2 Å². The van der Waals surface area contributed by atoms with Gasteiger partial charge in [-0.2, -0.15) is 0 Å². The zero-order valence-corrected chi connectivity index (χ0v) is 8.81. The SMILES string of the molecule is [CH3][Ge][CH2][Si](C)(C)C. The fourth-order valence-electron chi connectivity index (χ4n) is 0.530. The molecule has 0 saturated heterocycles. The van der Waals surface area contributed by atoms with Gasteiger partial charge in [-0.1, -0.05) is 0 Å². The van der Waals surface area contributed by atoms with Gasteiger partial charge in [-0.05, 0) is 0 Å². The van der Waals surface area contributed by atoms with Crippen LogP contribution in [0.3, 0.4) is 0 Å². The van der Waals surface area contributed by atoms with Crippen molar-refractivity contribution in [2.45, 2.75) is 30.3 Å². The molecule has 0 amide bonds. The summed E-state index contributed by atoms with van der Waals surface area (Å²) in [6, 6.07) is 0. The summed E-state index contributed by atoms with van der Waals surface area (Å²) < 4.78 is 0. The van der Waals surface area contributed by atoms with Gasteiger partial charge in [0.05, 0.1) is 0 Å². The molecule has 0 aliphatic carbocycles. The molecule has 0 nitrogen and oxygen atoms in total. The van der Waals surface area contributed by atoms with Crippen molar-refractivity contribution in [2.75, 3.05) is 0 Å². The van der Waals surface area contributed by atoms with Crippen LogP contribution >= 0.6 is 0 Å². The van der Waals surface area contributed by atoms with E-state index in [1.807, 2.05) is 0 Å². The van der Waals surface area contributed by atoms with Crippen LogP contribution < -0.4 is 0 Å². The molecule has 7 heavy (non-hydrogen) atoms. The molecule has 0 spiro atoms. The van der Waals surface area contributed by atoms with Crippen LogP contribution in [0.15, 0.2) is 0 Å². The van der Waals surface area contributed by atoms with E-state index < -0.39 is 8.07 Å². The summed E-state index contributed by atoms with van der Waals surface area (Å²) in [6.07, 6.45) is 0. The predicted molar refractivity (Wildman–Crippen MR) is 39.8 cm³/mol. The van der Waals surface area contributed by atoms with Gasteiger partial charge in [0.1, 0.15) is 0 Å². The monoisotopic (exact) mass is 176 g/mol. The van der Waals surface area contributed by atoms with Crippen molar-refractivity contribution in [3.63, 3.8) is 0 Å². The topological polar surface area (TPSA) is 0 Å². The summed E-state index contributed by atoms with van der Waals surface area (Å²) in [5, 5.41) is 0. The summed E-state index contributed by atoms with van der Waals surface area (Å²) in [6.45, 7) is 7.33.